The smallest absolute Gasteiger partial charge is 0.315 e. The van der Waals surface area contributed by atoms with Crippen LogP contribution in [0.5, 0.6) is 0 Å². The lowest BCUT2D eigenvalue weighted by molar-refractivity contribution is -0.253. The fourth-order valence-electron chi connectivity index (χ4n) is 5.59. The van der Waals surface area contributed by atoms with Crippen LogP contribution in [-0.4, -0.2) is 48.3 Å². The minimum atomic E-state index is -0.478. The Morgan fingerprint density at radius 1 is 0.875 bits per heavy atom. The summed E-state index contributed by atoms with van der Waals surface area (Å²) in [5.74, 6) is 0. The van der Waals surface area contributed by atoms with Crippen LogP contribution in [0.25, 0.3) is 11.1 Å². The summed E-state index contributed by atoms with van der Waals surface area (Å²) in [7, 11) is 0. The second-order valence-electron chi connectivity index (χ2n) is 10.8. The van der Waals surface area contributed by atoms with Crippen molar-refractivity contribution in [2.24, 2.45) is 0 Å². The number of likely N-dealkylation sites (tertiary alicyclic amines) is 1. The predicted octanol–water partition coefficient (Wildman–Crippen LogP) is 5.70. The Morgan fingerprint density at radius 3 is 2.38 bits per heavy atom. The number of hydrogen-bond acceptors (Lipinski definition) is 5. The molecule has 2 aliphatic rings. The topological polar surface area (TPSA) is 83.1 Å². The lowest BCUT2D eigenvalue weighted by atomic mass is 9.98. The van der Waals surface area contributed by atoms with Gasteiger partial charge in [0.25, 0.3) is 0 Å². The molecule has 2 saturated heterocycles. The fraction of sp³-hybridized carbons (Fsp3) is 0.424. The quantitative estimate of drug-likeness (QED) is 0.323. The number of nitrogens with zero attached hydrogens (tertiary/aromatic N) is 1. The number of urea groups is 1. The van der Waals surface area contributed by atoms with E-state index < -0.39 is 6.29 Å². The van der Waals surface area contributed by atoms with E-state index in [4.69, 9.17) is 9.47 Å². The maximum absolute atomic E-state index is 11.8. The average Bonchev–Trinajstić information content (AvgIpc) is 3.01. The summed E-state index contributed by atoms with van der Waals surface area (Å²) < 4.78 is 13.2. The Balaban J connectivity index is 1.35. The number of amides is 2. The van der Waals surface area contributed by atoms with E-state index in [-0.39, 0.29) is 24.8 Å². The number of rotatable bonds is 9. The molecule has 212 valence electrons. The molecule has 0 bridgehead atoms. The van der Waals surface area contributed by atoms with Crippen molar-refractivity contribution in [3.63, 3.8) is 0 Å². The number of benzene rings is 3. The van der Waals surface area contributed by atoms with Crippen LogP contribution in [0, 0.1) is 0 Å². The summed E-state index contributed by atoms with van der Waals surface area (Å²) in [5.41, 5.74) is 6.18. The van der Waals surface area contributed by atoms with Crippen LogP contribution < -0.4 is 10.6 Å². The molecule has 7 nitrogen and oxygen atoms in total. The monoisotopic (exact) mass is 543 g/mol. The molecule has 3 N–H and O–H groups in total. The molecule has 2 fully saturated rings. The van der Waals surface area contributed by atoms with Gasteiger partial charge >= 0.3 is 6.03 Å². The molecule has 3 atom stereocenters. The van der Waals surface area contributed by atoms with Gasteiger partial charge < -0.3 is 30.1 Å². The van der Waals surface area contributed by atoms with Crippen molar-refractivity contribution in [2.45, 2.75) is 64.3 Å². The molecule has 3 aromatic carbocycles. The lowest BCUT2D eigenvalue weighted by Crippen LogP contribution is -2.41. The lowest BCUT2D eigenvalue weighted by Gasteiger charge is -2.39. The largest absolute Gasteiger partial charge is 0.392 e. The van der Waals surface area contributed by atoms with Crippen LogP contribution in [0.4, 0.5) is 4.79 Å². The first kappa shape index (κ1) is 28.3. The third-order valence-electron chi connectivity index (χ3n) is 7.73. The minimum Gasteiger partial charge on any atom is -0.392 e. The van der Waals surface area contributed by atoms with Crippen molar-refractivity contribution in [1.29, 1.82) is 0 Å². The Morgan fingerprint density at radius 2 is 1.62 bits per heavy atom. The summed E-state index contributed by atoms with van der Waals surface area (Å²) in [4.78, 5) is 14.4. The van der Waals surface area contributed by atoms with Crippen LogP contribution in [0.2, 0.25) is 0 Å². The van der Waals surface area contributed by atoms with Gasteiger partial charge in [-0.25, -0.2) is 4.79 Å². The second kappa shape index (κ2) is 13.9. The zero-order valence-corrected chi connectivity index (χ0v) is 23.4. The van der Waals surface area contributed by atoms with Crippen LogP contribution in [0.1, 0.15) is 67.3 Å². The molecular formula is C33H41N3O4. The fourth-order valence-corrected chi connectivity index (χ4v) is 5.59. The van der Waals surface area contributed by atoms with Gasteiger partial charge in [0.1, 0.15) is 0 Å². The molecule has 40 heavy (non-hydrogen) atoms. The van der Waals surface area contributed by atoms with Crippen molar-refractivity contribution in [2.75, 3.05) is 26.2 Å². The minimum absolute atomic E-state index is 0.0329. The SMILES string of the molecule is CCNC(=O)NCc1cccc(-c2cccc([C@@H]3O[C@H](CN4CCCCC4)C[C@H](c4ccc(CO)cc4)O3)c2)c1. The summed E-state index contributed by atoms with van der Waals surface area (Å²) >= 11 is 0. The van der Waals surface area contributed by atoms with Gasteiger partial charge in [-0.2, -0.15) is 0 Å². The highest BCUT2D eigenvalue weighted by molar-refractivity contribution is 5.74. The first-order valence-corrected chi connectivity index (χ1v) is 14.5. The molecule has 0 radical (unpaired) electrons. The maximum atomic E-state index is 11.8. The molecule has 0 aromatic heterocycles. The molecule has 2 amide bonds. The van der Waals surface area contributed by atoms with E-state index in [2.05, 4.69) is 64.1 Å². The maximum Gasteiger partial charge on any atom is 0.315 e. The highest BCUT2D eigenvalue weighted by atomic mass is 16.7. The van der Waals surface area contributed by atoms with E-state index in [1.165, 1.54) is 19.3 Å². The van der Waals surface area contributed by atoms with Crippen LogP contribution in [0.3, 0.4) is 0 Å². The van der Waals surface area contributed by atoms with Gasteiger partial charge in [-0.1, -0.05) is 67.1 Å². The molecule has 0 saturated carbocycles. The zero-order valence-electron chi connectivity index (χ0n) is 23.4. The van der Waals surface area contributed by atoms with Gasteiger partial charge in [0.05, 0.1) is 18.8 Å². The summed E-state index contributed by atoms with van der Waals surface area (Å²) in [6.07, 6.45) is 4.10. The molecule has 0 spiro atoms. The second-order valence-corrected chi connectivity index (χ2v) is 10.8. The number of ether oxygens (including phenoxy) is 2. The Labute approximate surface area is 237 Å². The van der Waals surface area contributed by atoms with Crippen molar-refractivity contribution in [3.8, 4) is 11.1 Å². The first-order chi connectivity index (χ1) is 19.6. The van der Waals surface area contributed by atoms with Crippen LogP contribution in [-0.2, 0) is 22.6 Å². The molecule has 3 aromatic rings. The van der Waals surface area contributed by atoms with E-state index in [1.807, 2.05) is 31.2 Å². The Kier molecular flexibility index (Phi) is 9.84. The van der Waals surface area contributed by atoms with Crippen LogP contribution >= 0.6 is 0 Å². The predicted molar refractivity (Wildman–Crippen MR) is 157 cm³/mol. The van der Waals surface area contributed by atoms with Crippen molar-refractivity contribution < 1.29 is 19.4 Å². The third-order valence-corrected chi connectivity index (χ3v) is 7.73. The van der Waals surface area contributed by atoms with E-state index >= 15 is 0 Å². The number of piperidine rings is 1. The van der Waals surface area contributed by atoms with E-state index in [1.54, 1.807) is 0 Å². The van der Waals surface area contributed by atoms with E-state index in [0.29, 0.717) is 13.1 Å². The Hall–Kier alpha value is -3.23. The molecule has 0 aliphatic carbocycles. The van der Waals surface area contributed by atoms with Gasteiger partial charge in [-0.05, 0) is 72.8 Å². The molecular weight excluding hydrogens is 502 g/mol. The average molecular weight is 544 g/mol. The normalized spacial score (nSPS) is 21.6. The molecule has 2 aliphatic heterocycles. The number of aliphatic hydroxyl groups excluding tert-OH is 1. The summed E-state index contributed by atoms with van der Waals surface area (Å²) in [6, 6.07) is 24.5. The molecule has 5 rings (SSSR count). The number of aliphatic hydroxyl groups is 1. The number of carbonyl (C=O) groups is 1. The van der Waals surface area contributed by atoms with E-state index in [9.17, 15) is 9.90 Å². The van der Waals surface area contributed by atoms with Gasteiger partial charge in [-0.15, -0.1) is 0 Å². The standard InChI is InChI=1S/C33H41N3O4/c1-2-34-33(38)35-21-25-8-6-9-27(18-25)28-10-7-11-29(19-28)32-39-30(22-36-16-4-3-5-17-36)20-31(40-32)26-14-12-24(23-37)13-15-26/h6-15,18-19,30-32,37H,2-5,16-17,20-23H2,1H3,(H2,34,35,38)/t30-,31+,32+/m0/s1. The number of hydrogen-bond donors (Lipinski definition) is 3. The van der Waals surface area contributed by atoms with Gasteiger partial charge in [0.2, 0.25) is 0 Å². The highest BCUT2D eigenvalue weighted by Gasteiger charge is 2.33. The van der Waals surface area contributed by atoms with Gasteiger partial charge in [0.15, 0.2) is 6.29 Å². The molecule has 7 heteroatoms. The first-order valence-electron chi connectivity index (χ1n) is 14.5. The number of nitrogens with one attached hydrogen (secondary N) is 2. The summed E-state index contributed by atoms with van der Waals surface area (Å²) in [5, 5.41) is 15.2. The molecule has 0 unspecified atom stereocenters. The van der Waals surface area contributed by atoms with Crippen molar-refractivity contribution in [1.82, 2.24) is 15.5 Å². The van der Waals surface area contributed by atoms with Crippen molar-refractivity contribution >= 4 is 6.03 Å². The zero-order chi connectivity index (χ0) is 27.7. The Bertz CT molecular complexity index is 1240. The van der Waals surface area contributed by atoms with Gasteiger partial charge in [0, 0.05) is 31.6 Å². The van der Waals surface area contributed by atoms with Gasteiger partial charge in [-0.3, -0.25) is 0 Å². The highest BCUT2D eigenvalue weighted by Crippen LogP contribution is 2.39. The molecule has 2 heterocycles. The summed E-state index contributed by atoms with van der Waals surface area (Å²) in [6.45, 7) is 6.15. The van der Waals surface area contributed by atoms with E-state index in [0.717, 1.165) is 59.4 Å². The third kappa shape index (κ3) is 7.49. The number of carbonyl (C=O) groups excluding carboxylic acids is 1. The van der Waals surface area contributed by atoms with Crippen LogP contribution in [0.15, 0.2) is 72.8 Å². The van der Waals surface area contributed by atoms with Crippen molar-refractivity contribution in [3.05, 3.63) is 95.1 Å².